The Morgan fingerprint density at radius 2 is 2.05 bits per heavy atom. The lowest BCUT2D eigenvalue weighted by Crippen LogP contribution is -2.45. The molecule has 0 aliphatic carbocycles. The highest BCUT2D eigenvalue weighted by Gasteiger charge is 2.38. The molecule has 1 amide bonds. The van der Waals surface area contributed by atoms with Gasteiger partial charge < -0.3 is 23.7 Å². The average molecular weight is 598 g/mol. The van der Waals surface area contributed by atoms with Gasteiger partial charge in [0.1, 0.15) is 18.2 Å². The highest BCUT2D eigenvalue weighted by atomic mass is 19.1. The SMILES string of the molecule is COC(=O)c1ccc2nc(CN3CCC(C)(c4cccc(OCc5ccc(C#N)cc5F)n4)CC3=O)n(C[C@@H]3CCO3)c2c1. The van der Waals surface area contributed by atoms with E-state index in [1.54, 1.807) is 30.3 Å². The number of carbonyl (C=O) groups excluding carboxylic acids is 2. The summed E-state index contributed by atoms with van der Waals surface area (Å²) in [6.45, 7) is 4.12. The van der Waals surface area contributed by atoms with Gasteiger partial charge in [-0.2, -0.15) is 5.26 Å². The van der Waals surface area contributed by atoms with Crippen LogP contribution in [0.15, 0.2) is 54.6 Å². The Bertz CT molecular complexity index is 1780. The Balaban J connectivity index is 1.17. The predicted molar refractivity (Wildman–Crippen MR) is 157 cm³/mol. The third kappa shape index (κ3) is 5.85. The lowest BCUT2D eigenvalue weighted by Gasteiger charge is -2.38. The number of esters is 1. The number of piperidine rings is 1. The Labute approximate surface area is 254 Å². The number of carbonyl (C=O) groups is 2. The summed E-state index contributed by atoms with van der Waals surface area (Å²) in [5, 5.41) is 8.96. The number of imidazole rings is 1. The number of benzene rings is 2. The fourth-order valence-electron chi connectivity index (χ4n) is 5.69. The summed E-state index contributed by atoms with van der Waals surface area (Å²) in [4.78, 5) is 37.1. The molecule has 4 aromatic rings. The molecular weight excluding hydrogens is 565 g/mol. The number of nitrogens with zero attached hydrogens (tertiary/aromatic N) is 5. The normalized spacial score (nSPS) is 19.8. The molecule has 2 atom stereocenters. The van der Waals surface area contributed by atoms with Gasteiger partial charge in [0, 0.05) is 36.6 Å². The lowest BCUT2D eigenvalue weighted by atomic mass is 9.77. The molecular formula is C33H32FN5O5. The summed E-state index contributed by atoms with van der Waals surface area (Å²) in [6.07, 6.45) is 1.93. The molecule has 0 radical (unpaired) electrons. The number of nitriles is 1. The number of aromatic nitrogens is 3. The highest BCUT2D eigenvalue weighted by Crippen LogP contribution is 2.36. The largest absolute Gasteiger partial charge is 0.473 e. The molecule has 11 heteroatoms. The van der Waals surface area contributed by atoms with Gasteiger partial charge in [0.15, 0.2) is 0 Å². The summed E-state index contributed by atoms with van der Waals surface area (Å²) >= 11 is 0. The summed E-state index contributed by atoms with van der Waals surface area (Å²) in [5.41, 5.74) is 2.76. The van der Waals surface area contributed by atoms with Crippen molar-refractivity contribution in [3.63, 3.8) is 0 Å². The van der Waals surface area contributed by atoms with Crippen LogP contribution in [0.2, 0.25) is 0 Å². The molecule has 226 valence electrons. The standard InChI is InChI=1S/C33H32FN5O5/c1-33(28-4-3-5-30(37-28)44-20-23-7-6-21(17-35)14-25(23)34)11-12-38(31(40)16-33)19-29-36-26-9-8-22(32(41)42-2)15-27(26)39(29)18-24-10-13-43-24/h3-9,14-15,24H,10-13,16,18-20H2,1-2H3/t24-,33?/m0/s1. The molecule has 0 N–H and O–H groups in total. The topological polar surface area (TPSA) is 120 Å². The average Bonchev–Trinajstić information content (AvgIpc) is 3.35. The number of rotatable bonds is 9. The van der Waals surface area contributed by atoms with Crippen molar-refractivity contribution >= 4 is 22.9 Å². The summed E-state index contributed by atoms with van der Waals surface area (Å²) in [6, 6.07) is 16.8. The number of methoxy groups -OCH3 is 1. The maximum atomic E-state index is 14.3. The van der Waals surface area contributed by atoms with Gasteiger partial charge in [-0.3, -0.25) is 4.79 Å². The minimum Gasteiger partial charge on any atom is -0.473 e. The fourth-order valence-corrected chi connectivity index (χ4v) is 5.69. The Morgan fingerprint density at radius 3 is 2.75 bits per heavy atom. The number of amides is 1. The first-order valence-electron chi connectivity index (χ1n) is 14.5. The maximum absolute atomic E-state index is 14.3. The van der Waals surface area contributed by atoms with Crippen LogP contribution in [0.4, 0.5) is 4.39 Å². The van der Waals surface area contributed by atoms with Crippen molar-refractivity contribution in [2.75, 3.05) is 20.3 Å². The molecule has 1 unspecified atom stereocenters. The van der Waals surface area contributed by atoms with E-state index >= 15 is 0 Å². The molecule has 2 aromatic heterocycles. The van der Waals surface area contributed by atoms with E-state index in [1.165, 1.54) is 19.2 Å². The van der Waals surface area contributed by atoms with E-state index in [2.05, 4.69) is 4.98 Å². The molecule has 2 aliphatic heterocycles. The lowest BCUT2D eigenvalue weighted by molar-refractivity contribution is -0.136. The van der Waals surface area contributed by atoms with Crippen LogP contribution in [-0.2, 0) is 39.4 Å². The molecule has 2 fully saturated rings. The smallest absolute Gasteiger partial charge is 0.337 e. The van der Waals surface area contributed by atoms with Gasteiger partial charge in [-0.05, 0) is 49.2 Å². The van der Waals surface area contributed by atoms with Crippen LogP contribution in [0.25, 0.3) is 11.0 Å². The van der Waals surface area contributed by atoms with Crippen molar-refractivity contribution in [2.45, 2.75) is 57.4 Å². The van der Waals surface area contributed by atoms with Gasteiger partial charge >= 0.3 is 5.97 Å². The number of fused-ring (bicyclic) bond motifs is 1. The van der Waals surface area contributed by atoms with Crippen LogP contribution in [0.3, 0.4) is 0 Å². The van der Waals surface area contributed by atoms with Crippen LogP contribution in [0, 0.1) is 17.1 Å². The van der Waals surface area contributed by atoms with E-state index in [1.807, 2.05) is 34.6 Å². The molecule has 2 aliphatic rings. The zero-order chi connectivity index (χ0) is 30.8. The number of pyridine rings is 1. The van der Waals surface area contributed by atoms with Crippen molar-refractivity contribution in [1.82, 2.24) is 19.4 Å². The van der Waals surface area contributed by atoms with E-state index in [4.69, 9.17) is 24.5 Å². The summed E-state index contributed by atoms with van der Waals surface area (Å²) < 4.78 is 32.8. The number of hydrogen-bond donors (Lipinski definition) is 0. The fraction of sp³-hybridized carbons (Fsp3) is 0.364. The zero-order valence-corrected chi connectivity index (χ0v) is 24.6. The second-order valence-corrected chi connectivity index (χ2v) is 11.5. The number of ether oxygens (including phenoxy) is 3. The first-order chi connectivity index (χ1) is 21.3. The maximum Gasteiger partial charge on any atom is 0.337 e. The first-order valence-corrected chi connectivity index (χ1v) is 14.5. The van der Waals surface area contributed by atoms with Gasteiger partial charge in [0.05, 0.1) is 60.2 Å². The molecule has 10 nitrogen and oxygen atoms in total. The van der Waals surface area contributed by atoms with Crippen LogP contribution in [0.1, 0.15) is 59.2 Å². The Morgan fingerprint density at radius 1 is 1.20 bits per heavy atom. The van der Waals surface area contributed by atoms with Gasteiger partial charge in [-0.25, -0.2) is 19.2 Å². The van der Waals surface area contributed by atoms with Crippen molar-refractivity contribution in [3.05, 3.63) is 88.6 Å². The van der Waals surface area contributed by atoms with Crippen molar-refractivity contribution < 1.29 is 28.2 Å². The van der Waals surface area contributed by atoms with E-state index < -0.39 is 17.2 Å². The second kappa shape index (κ2) is 12.1. The monoisotopic (exact) mass is 597 g/mol. The van der Waals surface area contributed by atoms with Crippen LogP contribution in [-0.4, -0.2) is 57.7 Å². The van der Waals surface area contributed by atoms with Crippen LogP contribution in [0.5, 0.6) is 5.88 Å². The van der Waals surface area contributed by atoms with Gasteiger partial charge in [0.25, 0.3) is 0 Å². The minimum atomic E-state index is -0.512. The summed E-state index contributed by atoms with van der Waals surface area (Å²) in [7, 11) is 1.35. The zero-order valence-electron chi connectivity index (χ0n) is 24.6. The number of halogens is 1. The predicted octanol–water partition coefficient (Wildman–Crippen LogP) is 4.68. The molecule has 44 heavy (non-hydrogen) atoms. The molecule has 4 heterocycles. The third-order valence-electron chi connectivity index (χ3n) is 8.49. The number of likely N-dealkylation sites (tertiary alicyclic amines) is 1. The number of hydrogen-bond acceptors (Lipinski definition) is 8. The highest BCUT2D eigenvalue weighted by molar-refractivity contribution is 5.93. The quantitative estimate of drug-likeness (QED) is 0.255. The van der Waals surface area contributed by atoms with Crippen molar-refractivity contribution in [3.8, 4) is 11.9 Å². The van der Waals surface area contributed by atoms with Crippen LogP contribution < -0.4 is 4.74 Å². The van der Waals surface area contributed by atoms with E-state index in [0.29, 0.717) is 43.1 Å². The Hall–Kier alpha value is -4.82. The van der Waals surface area contributed by atoms with Gasteiger partial charge in [-0.1, -0.05) is 19.1 Å². The second-order valence-electron chi connectivity index (χ2n) is 11.5. The van der Waals surface area contributed by atoms with Crippen molar-refractivity contribution in [1.29, 1.82) is 5.26 Å². The van der Waals surface area contributed by atoms with Crippen molar-refractivity contribution in [2.24, 2.45) is 0 Å². The van der Waals surface area contributed by atoms with E-state index in [9.17, 15) is 14.0 Å². The van der Waals surface area contributed by atoms with Gasteiger partial charge in [0.2, 0.25) is 11.8 Å². The Kier molecular flexibility index (Phi) is 8.01. The molecule has 6 rings (SSSR count). The third-order valence-corrected chi connectivity index (χ3v) is 8.49. The van der Waals surface area contributed by atoms with Gasteiger partial charge in [-0.15, -0.1) is 0 Å². The molecule has 0 bridgehead atoms. The van der Waals surface area contributed by atoms with Crippen LogP contribution >= 0.6 is 0 Å². The molecule has 0 saturated carbocycles. The molecule has 2 saturated heterocycles. The molecule has 0 spiro atoms. The first kappa shape index (κ1) is 29.3. The minimum absolute atomic E-state index is 0.0136. The van der Waals surface area contributed by atoms with E-state index in [0.717, 1.165) is 35.6 Å². The molecule has 2 aromatic carbocycles. The van der Waals surface area contributed by atoms with E-state index in [-0.39, 0.29) is 30.6 Å². The summed E-state index contributed by atoms with van der Waals surface area (Å²) in [5.74, 6) is 0.123.